The van der Waals surface area contributed by atoms with E-state index in [2.05, 4.69) is 27.7 Å². The van der Waals surface area contributed by atoms with E-state index < -0.39 is 8.53 Å². The van der Waals surface area contributed by atoms with Gasteiger partial charge >= 0.3 is 0 Å². The Morgan fingerprint density at radius 2 is 0.871 bits per heavy atom. The fraction of sp³-hybridized carbons (Fsp3) is 1.00. The Hall–Kier alpha value is 1.56. The lowest BCUT2D eigenvalue weighted by Gasteiger charge is -2.00. The predicted molar refractivity (Wildman–Crippen MR) is 181 cm³/mol. The minimum absolute atomic E-state index is 0. The van der Waals surface area contributed by atoms with E-state index in [0.717, 1.165) is 23.3 Å². The first kappa shape index (κ1) is 58.4. The normalized spacial score (nSPS) is 10.3. The molecular formula is C27H78P2S2. The first-order valence-electron chi connectivity index (χ1n) is 10.1. The number of rotatable bonds is 16. The summed E-state index contributed by atoms with van der Waals surface area (Å²) < 4.78 is 15.5. The standard InChI is InChI=1S/C10H23PS.C8H19PS.9CH4/c1-3-5-7-9-12-10-11-8-6-4-2;1-3-5-7-10-8-9-6-4-2;;;;;;;;;/h11H,3-10H2,1-2H3;9H,3-8H2,1-2H3;9*1H4/i11D;9D;;;;;;;;;. The van der Waals surface area contributed by atoms with Gasteiger partial charge < -0.3 is 0 Å². The van der Waals surface area contributed by atoms with Crippen molar-refractivity contribution in [1.29, 1.82) is 2.56 Å². The van der Waals surface area contributed by atoms with Crippen molar-refractivity contribution in [2.24, 2.45) is 0 Å². The molecule has 2 atom stereocenters. The summed E-state index contributed by atoms with van der Waals surface area (Å²) in [5, 5.41) is 0. The minimum atomic E-state index is -0.394. The van der Waals surface area contributed by atoms with Crippen LogP contribution in [0.4, 0.5) is 0 Å². The lowest BCUT2D eigenvalue weighted by molar-refractivity contribution is 0.779. The second-order valence-electron chi connectivity index (χ2n) is 5.38. The Labute approximate surface area is 223 Å². The van der Waals surface area contributed by atoms with E-state index in [0.29, 0.717) is 0 Å². The van der Waals surface area contributed by atoms with Gasteiger partial charge in [0.25, 0.3) is 0 Å². The number of hydrogen-bond donors (Lipinski definition) is 0. The molecule has 0 fully saturated rings. The van der Waals surface area contributed by atoms with Crippen molar-refractivity contribution in [2.45, 2.75) is 146 Å². The summed E-state index contributed by atoms with van der Waals surface area (Å²) in [6.45, 7) is 8.83. The van der Waals surface area contributed by atoms with Crippen LogP contribution in [0.1, 0.15) is 146 Å². The topological polar surface area (TPSA) is 0 Å². The van der Waals surface area contributed by atoms with Crippen LogP contribution in [0, 0.1) is 0 Å². The maximum Gasteiger partial charge on any atom is 0.0588 e. The smallest absolute Gasteiger partial charge is 0.0588 e. The maximum absolute atomic E-state index is 7.80. The van der Waals surface area contributed by atoms with Crippen LogP contribution in [-0.4, -0.2) is 37.4 Å². The number of unbranched alkanes of at least 4 members (excludes halogenated alkanes) is 4. The molecule has 2 unspecified atom stereocenters. The Balaban J connectivity index is -0.0000000258. The predicted octanol–water partition coefficient (Wildman–Crippen LogP) is 13.6. The molecule has 0 amide bonds. The average Bonchev–Trinajstić information content (AvgIpc) is 2.57. The van der Waals surface area contributed by atoms with Crippen LogP contribution < -0.4 is 0 Å². The number of thioether (sulfide) groups is 2. The van der Waals surface area contributed by atoms with Crippen LogP contribution in [0.2, 0.25) is 0 Å². The molecule has 0 aliphatic heterocycles. The van der Waals surface area contributed by atoms with E-state index in [1.54, 1.807) is 0 Å². The maximum atomic E-state index is 7.80. The van der Waals surface area contributed by atoms with Gasteiger partial charge in [0, 0.05) is 11.0 Å². The first-order valence-corrected chi connectivity index (χ1v) is 14.1. The zero-order valence-electron chi connectivity index (χ0n) is 17.6. The van der Waals surface area contributed by atoms with E-state index in [4.69, 9.17) is 2.56 Å². The van der Waals surface area contributed by atoms with Crippen LogP contribution in [-0.2, 0) is 0 Å². The molecule has 0 aromatic carbocycles. The van der Waals surface area contributed by atoms with Crippen LogP contribution >= 0.6 is 40.6 Å². The van der Waals surface area contributed by atoms with Crippen molar-refractivity contribution in [3.63, 3.8) is 0 Å². The van der Waals surface area contributed by atoms with Gasteiger partial charge in [0.15, 0.2) is 0 Å². The molecule has 0 aromatic heterocycles. The fourth-order valence-electron chi connectivity index (χ4n) is 1.52. The number of hydrogen-bond acceptors (Lipinski definition) is 2. The van der Waals surface area contributed by atoms with Crippen LogP contribution in [0.3, 0.4) is 0 Å². The van der Waals surface area contributed by atoms with Gasteiger partial charge in [-0.15, -0.1) is 17.1 Å². The molecule has 0 nitrogen and oxygen atoms in total. The third-order valence-corrected chi connectivity index (χ3v) is 8.42. The average molecular weight is 531 g/mol. The van der Waals surface area contributed by atoms with Crippen LogP contribution in [0.25, 0.3) is 0 Å². The monoisotopic (exact) mass is 531 g/mol. The Morgan fingerprint density at radius 1 is 0.484 bits per heavy atom. The summed E-state index contributed by atoms with van der Waals surface area (Å²) in [4.78, 5) is 0. The third-order valence-electron chi connectivity index (χ3n) is 2.95. The first-order chi connectivity index (χ1) is 11.6. The van der Waals surface area contributed by atoms with Gasteiger partial charge in [0.1, 0.15) is 0 Å². The van der Waals surface area contributed by atoms with Gasteiger partial charge in [-0.05, 0) is 43.1 Å². The largest absolute Gasteiger partial charge is 0.158 e. The summed E-state index contributed by atoms with van der Waals surface area (Å²) in [6.07, 6.45) is 12.6. The van der Waals surface area contributed by atoms with Gasteiger partial charge in [-0.3, -0.25) is 0 Å². The third kappa shape index (κ3) is 89.4. The molecule has 0 saturated heterocycles. The molecule has 0 rings (SSSR count). The highest BCUT2D eigenvalue weighted by atomic mass is 32.2. The molecule has 0 aromatic rings. The van der Waals surface area contributed by atoms with Crippen molar-refractivity contribution in [1.82, 2.24) is 0 Å². The molecule has 0 aliphatic carbocycles. The van der Waals surface area contributed by atoms with Crippen LogP contribution in [0.5, 0.6) is 0 Å². The Bertz CT molecular complexity index is 228. The van der Waals surface area contributed by atoms with E-state index in [9.17, 15) is 0 Å². The second-order valence-corrected chi connectivity index (χ2v) is 10.9. The van der Waals surface area contributed by atoms with Gasteiger partial charge in [-0.2, -0.15) is 23.5 Å². The van der Waals surface area contributed by atoms with Crippen molar-refractivity contribution in [2.75, 3.05) is 34.8 Å². The molecule has 0 spiro atoms. The summed E-state index contributed by atoms with van der Waals surface area (Å²) >= 11 is 3.96. The second kappa shape index (κ2) is 77.0. The minimum Gasteiger partial charge on any atom is -0.158 e. The van der Waals surface area contributed by atoms with Crippen molar-refractivity contribution in [3.8, 4) is 0 Å². The highest BCUT2D eigenvalue weighted by Crippen LogP contribution is 2.21. The molecule has 0 radical (unpaired) electrons. The summed E-state index contributed by atoms with van der Waals surface area (Å²) in [5.74, 6) is 2.54. The lowest BCUT2D eigenvalue weighted by atomic mass is 10.3. The van der Waals surface area contributed by atoms with Gasteiger partial charge in [-0.1, -0.05) is 127 Å². The SMILES string of the molecule is C.C.C.C.C.C.C.C.C.[2H]P(CCC)CSCCCC.[2H]P(CCCC)CSCCCCC. The molecule has 0 aliphatic rings. The molecule has 0 bridgehead atoms. The van der Waals surface area contributed by atoms with Crippen molar-refractivity contribution >= 4 is 40.6 Å². The zero-order chi connectivity index (χ0) is 18.5. The van der Waals surface area contributed by atoms with Gasteiger partial charge in [0.05, 0.1) is 2.56 Å². The zero-order valence-corrected chi connectivity index (χ0v) is 19.0. The molecule has 0 N–H and O–H groups in total. The highest BCUT2D eigenvalue weighted by Gasteiger charge is 1.90. The summed E-state index contributed by atoms with van der Waals surface area (Å²) in [5.41, 5.74) is 2.21. The quantitative estimate of drug-likeness (QED) is 0.144. The molecule has 0 saturated carbocycles. The molecule has 0 heterocycles. The van der Waals surface area contributed by atoms with Crippen LogP contribution in [0.15, 0.2) is 0 Å². The Kier molecular flexibility index (Phi) is 145. The molecule has 208 valence electrons. The van der Waals surface area contributed by atoms with E-state index in [1.165, 1.54) is 62.9 Å². The highest BCUT2D eigenvalue weighted by molar-refractivity contribution is 8.03. The summed E-state index contributed by atoms with van der Waals surface area (Å²) in [6, 6.07) is 0. The van der Waals surface area contributed by atoms with Gasteiger partial charge in [0.2, 0.25) is 0 Å². The summed E-state index contributed by atoms with van der Waals surface area (Å²) in [7, 11) is -0.779. The molecule has 4 heteroatoms. The van der Waals surface area contributed by atoms with E-state index >= 15 is 0 Å². The van der Waals surface area contributed by atoms with E-state index in [1.807, 2.05) is 23.5 Å². The van der Waals surface area contributed by atoms with Crippen molar-refractivity contribution in [3.05, 3.63) is 0 Å². The lowest BCUT2D eigenvalue weighted by Crippen LogP contribution is -1.81. The van der Waals surface area contributed by atoms with Crippen molar-refractivity contribution < 1.29 is 0 Å². The fourth-order valence-corrected chi connectivity index (χ4v) is 6.37. The molecule has 31 heavy (non-hydrogen) atoms. The molecular weight excluding hydrogens is 450 g/mol. The Morgan fingerprint density at radius 3 is 1.26 bits per heavy atom. The van der Waals surface area contributed by atoms with E-state index in [-0.39, 0.29) is 75.4 Å². The van der Waals surface area contributed by atoms with Gasteiger partial charge in [-0.25, -0.2) is 0 Å².